The molecule has 0 bridgehead atoms. The Kier molecular flexibility index (Phi) is 3.38. The molecule has 1 aromatic carbocycles. The molecule has 15 heavy (non-hydrogen) atoms. The van der Waals surface area contributed by atoms with Gasteiger partial charge in [-0.1, -0.05) is 0 Å². The Balaban J connectivity index is 3.07. The summed E-state index contributed by atoms with van der Waals surface area (Å²) >= 11 is 0. The lowest BCUT2D eigenvalue weighted by atomic mass is 10.2. The summed E-state index contributed by atoms with van der Waals surface area (Å²) in [7, 11) is 1.14. The van der Waals surface area contributed by atoms with E-state index in [1.54, 1.807) is 0 Å². The fourth-order valence-electron chi connectivity index (χ4n) is 0.970. The van der Waals surface area contributed by atoms with Gasteiger partial charge >= 0.3 is 5.97 Å². The molecule has 80 valence electrons. The molecule has 1 aromatic rings. The molecule has 0 unspecified atom stereocenters. The third-order valence-electron chi connectivity index (χ3n) is 1.69. The molecule has 0 aliphatic rings. The van der Waals surface area contributed by atoms with Crippen LogP contribution in [0.25, 0.3) is 6.08 Å². The van der Waals surface area contributed by atoms with E-state index in [1.165, 1.54) is 0 Å². The van der Waals surface area contributed by atoms with Crippen LogP contribution in [0.4, 0.5) is 8.78 Å². The minimum Gasteiger partial charge on any atom is -0.464 e. The zero-order chi connectivity index (χ0) is 11.4. The lowest BCUT2D eigenvalue weighted by Crippen LogP contribution is -2.12. The number of ether oxygens (including phenoxy) is 1. The number of hydrogen-bond acceptors (Lipinski definition) is 3. The number of carbonyl (C=O) groups is 1. The predicted molar refractivity (Wildman–Crippen MR) is 50.5 cm³/mol. The van der Waals surface area contributed by atoms with Crippen molar-refractivity contribution in [2.75, 3.05) is 7.11 Å². The Hall–Kier alpha value is -1.91. The first-order chi connectivity index (χ1) is 7.04. The van der Waals surface area contributed by atoms with E-state index in [2.05, 4.69) is 4.74 Å². The molecule has 0 radical (unpaired) electrons. The molecule has 1 rings (SSSR count). The molecular formula is C10H9F2NO2. The smallest absolute Gasteiger partial charge is 0.353 e. The van der Waals surface area contributed by atoms with Gasteiger partial charge in [0.15, 0.2) is 0 Å². The molecule has 0 aliphatic heterocycles. The van der Waals surface area contributed by atoms with E-state index in [1.807, 2.05) is 0 Å². The second-order valence-electron chi connectivity index (χ2n) is 2.76. The van der Waals surface area contributed by atoms with Crippen molar-refractivity contribution in [1.82, 2.24) is 0 Å². The van der Waals surface area contributed by atoms with Crippen LogP contribution in [0, 0.1) is 11.6 Å². The lowest BCUT2D eigenvalue weighted by Gasteiger charge is -2.00. The molecular weight excluding hydrogens is 204 g/mol. The molecule has 0 saturated carbocycles. The highest BCUT2D eigenvalue weighted by Gasteiger charge is 2.07. The van der Waals surface area contributed by atoms with Gasteiger partial charge in [-0.15, -0.1) is 0 Å². The van der Waals surface area contributed by atoms with E-state index in [0.29, 0.717) is 0 Å². The van der Waals surface area contributed by atoms with Gasteiger partial charge in [0.25, 0.3) is 0 Å². The molecule has 0 atom stereocenters. The van der Waals surface area contributed by atoms with Gasteiger partial charge in [-0.2, -0.15) is 0 Å². The van der Waals surface area contributed by atoms with Gasteiger partial charge in [0.05, 0.1) is 7.11 Å². The Morgan fingerprint density at radius 2 is 2.13 bits per heavy atom. The number of rotatable bonds is 2. The summed E-state index contributed by atoms with van der Waals surface area (Å²) in [5, 5.41) is 0. The quantitative estimate of drug-likeness (QED) is 0.597. The van der Waals surface area contributed by atoms with Crippen molar-refractivity contribution in [3.05, 3.63) is 41.1 Å². The number of carbonyl (C=O) groups excluding carboxylic acids is 1. The summed E-state index contributed by atoms with van der Waals surface area (Å²) in [5.41, 5.74) is 4.89. The van der Waals surface area contributed by atoms with Crippen LogP contribution in [-0.2, 0) is 9.53 Å². The second kappa shape index (κ2) is 4.54. The van der Waals surface area contributed by atoms with Gasteiger partial charge in [-0.3, -0.25) is 0 Å². The normalized spacial score (nSPS) is 11.3. The molecule has 0 saturated heterocycles. The van der Waals surface area contributed by atoms with Crippen molar-refractivity contribution >= 4 is 12.0 Å². The number of nitrogens with two attached hydrogens (primary N) is 1. The molecule has 0 aromatic heterocycles. The van der Waals surface area contributed by atoms with Crippen LogP contribution < -0.4 is 5.73 Å². The fourth-order valence-corrected chi connectivity index (χ4v) is 0.970. The van der Waals surface area contributed by atoms with Crippen molar-refractivity contribution in [3.63, 3.8) is 0 Å². The molecule has 5 heteroatoms. The summed E-state index contributed by atoms with van der Waals surface area (Å²) in [4.78, 5) is 10.9. The average Bonchev–Trinajstić information content (AvgIpc) is 2.22. The Morgan fingerprint density at radius 3 is 2.73 bits per heavy atom. The van der Waals surface area contributed by atoms with Crippen LogP contribution >= 0.6 is 0 Å². The summed E-state index contributed by atoms with van der Waals surface area (Å²) in [6.45, 7) is 0. The largest absolute Gasteiger partial charge is 0.464 e. The van der Waals surface area contributed by atoms with E-state index in [0.717, 1.165) is 31.4 Å². The van der Waals surface area contributed by atoms with Crippen LogP contribution in [-0.4, -0.2) is 13.1 Å². The third kappa shape index (κ3) is 2.77. The maximum atomic E-state index is 13.1. The topological polar surface area (TPSA) is 52.3 Å². The summed E-state index contributed by atoms with van der Waals surface area (Å²) in [5.74, 6) is -2.07. The predicted octanol–water partition coefficient (Wildman–Crippen LogP) is 1.44. The Labute approximate surface area is 85.1 Å². The molecule has 0 aliphatic carbocycles. The van der Waals surface area contributed by atoms with Crippen molar-refractivity contribution in [3.8, 4) is 0 Å². The first-order valence-electron chi connectivity index (χ1n) is 4.05. The zero-order valence-electron chi connectivity index (χ0n) is 7.96. The van der Waals surface area contributed by atoms with Gasteiger partial charge in [-0.25, -0.2) is 13.6 Å². The average molecular weight is 213 g/mol. The molecule has 3 nitrogen and oxygen atoms in total. The summed E-state index contributed by atoms with van der Waals surface area (Å²) in [6, 6.07) is 2.86. The Bertz CT molecular complexity index is 416. The number of methoxy groups -OCH3 is 1. The van der Waals surface area contributed by atoms with E-state index >= 15 is 0 Å². The molecule has 0 amide bonds. The van der Waals surface area contributed by atoms with Crippen molar-refractivity contribution in [1.29, 1.82) is 0 Å². The molecule has 0 spiro atoms. The summed E-state index contributed by atoms with van der Waals surface area (Å²) in [6.07, 6.45) is 1.02. The molecule has 0 fully saturated rings. The van der Waals surface area contributed by atoms with E-state index in [4.69, 9.17) is 5.73 Å². The highest BCUT2D eigenvalue weighted by atomic mass is 19.1. The van der Waals surface area contributed by atoms with E-state index in [9.17, 15) is 13.6 Å². The van der Waals surface area contributed by atoms with Gasteiger partial charge in [-0.05, 0) is 24.3 Å². The van der Waals surface area contributed by atoms with Gasteiger partial charge in [0, 0.05) is 5.56 Å². The molecule has 2 N–H and O–H groups in total. The molecule has 0 heterocycles. The van der Waals surface area contributed by atoms with Crippen molar-refractivity contribution in [2.45, 2.75) is 0 Å². The summed E-state index contributed by atoms with van der Waals surface area (Å²) < 4.78 is 30.1. The maximum absolute atomic E-state index is 13.1. The standard InChI is InChI=1S/C10H9F2NO2/c1-15-10(14)9(13)5-6-4-7(11)2-3-8(6)12/h2-5H,13H2,1H3/b9-5-. The fraction of sp³-hybridized carbons (Fsp3) is 0.100. The van der Waals surface area contributed by atoms with E-state index in [-0.39, 0.29) is 11.3 Å². The van der Waals surface area contributed by atoms with Crippen LogP contribution in [0.3, 0.4) is 0 Å². The maximum Gasteiger partial charge on any atom is 0.353 e. The number of hydrogen-bond donors (Lipinski definition) is 1. The number of halogens is 2. The second-order valence-corrected chi connectivity index (χ2v) is 2.76. The highest BCUT2D eigenvalue weighted by molar-refractivity contribution is 5.92. The zero-order valence-corrected chi connectivity index (χ0v) is 7.96. The van der Waals surface area contributed by atoms with Gasteiger partial charge < -0.3 is 10.5 Å². The first-order valence-corrected chi connectivity index (χ1v) is 4.05. The van der Waals surface area contributed by atoms with Gasteiger partial charge in [0.1, 0.15) is 17.3 Å². The van der Waals surface area contributed by atoms with Crippen LogP contribution in [0.1, 0.15) is 5.56 Å². The third-order valence-corrected chi connectivity index (χ3v) is 1.69. The lowest BCUT2D eigenvalue weighted by molar-refractivity contribution is -0.136. The number of benzene rings is 1. The first kappa shape index (κ1) is 11.2. The van der Waals surface area contributed by atoms with Crippen LogP contribution in [0.2, 0.25) is 0 Å². The Morgan fingerprint density at radius 1 is 1.47 bits per heavy atom. The monoisotopic (exact) mass is 213 g/mol. The number of esters is 1. The van der Waals surface area contributed by atoms with Crippen molar-refractivity contribution < 1.29 is 18.3 Å². The van der Waals surface area contributed by atoms with Crippen LogP contribution in [0.15, 0.2) is 23.9 Å². The van der Waals surface area contributed by atoms with Crippen molar-refractivity contribution in [2.24, 2.45) is 5.73 Å². The van der Waals surface area contributed by atoms with Gasteiger partial charge in [0.2, 0.25) is 0 Å². The van der Waals surface area contributed by atoms with Crippen LogP contribution in [0.5, 0.6) is 0 Å². The highest BCUT2D eigenvalue weighted by Crippen LogP contribution is 2.12. The minimum absolute atomic E-state index is 0.0992. The SMILES string of the molecule is COC(=O)/C(N)=C/c1cc(F)ccc1F. The minimum atomic E-state index is -0.793. The van der Waals surface area contributed by atoms with E-state index < -0.39 is 17.6 Å².